The number of sulfonamides is 1. The molecule has 1 saturated heterocycles. The minimum atomic E-state index is -3.57. The van der Waals surface area contributed by atoms with Gasteiger partial charge in [0, 0.05) is 38.6 Å². The molecule has 3 aromatic rings. The van der Waals surface area contributed by atoms with E-state index in [2.05, 4.69) is 9.97 Å². The Bertz CT molecular complexity index is 1230. The quantitative estimate of drug-likeness (QED) is 0.666. The Morgan fingerprint density at radius 1 is 1.07 bits per heavy atom. The van der Waals surface area contributed by atoms with Crippen LogP contribution in [0.1, 0.15) is 10.4 Å². The van der Waals surface area contributed by atoms with Gasteiger partial charge in [0.25, 0.3) is 5.91 Å². The Labute approximate surface area is 174 Å². The molecule has 2 unspecified atom stereocenters. The topological polar surface area (TPSA) is 109 Å². The van der Waals surface area contributed by atoms with Crippen molar-refractivity contribution < 1.29 is 13.2 Å². The van der Waals surface area contributed by atoms with Crippen LogP contribution in [-0.2, 0) is 10.0 Å². The average molecular weight is 423 g/mol. The van der Waals surface area contributed by atoms with E-state index in [0.29, 0.717) is 23.9 Å². The second-order valence-corrected chi connectivity index (χ2v) is 9.89. The first-order valence-electron chi connectivity index (χ1n) is 9.70. The molecule has 1 aromatic heterocycles. The van der Waals surface area contributed by atoms with Crippen molar-refractivity contribution in [1.29, 1.82) is 0 Å². The first-order valence-corrected chi connectivity index (χ1v) is 11.1. The summed E-state index contributed by atoms with van der Waals surface area (Å²) in [6.07, 6.45) is 2.84. The Hall–Kier alpha value is -3.04. The zero-order valence-corrected chi connectivity index (χ0v) is 17.2. The molecular formula is C21H21N5O3S. The third-order valence-corrected chi connectivity index (χ3v) is 8.02. The van der Waals surface area contributed by atoms with E-state index in [1.54, 1.807) is 19.2 Å². The molecule has 8 nitrogen and oxygen atoms in total. The van der Waals surface area contributed by atoms with E-state index in [1.165, 1.54) is 16.7 Å². The molecule has 0 spiro atoms. The van der Waals surface area contributed by atoms with Crippen molar-refractivity contribution in [3.63, 3.8) is 0 Å². The number of piperidine rings is 1. The minimum Gasteiger partial charge on any atom is -0.366 e. The highest BCUT2D eigenvalue weighted by Crippen LogP contribution is 2.50. The molecule has 1 amide bonds. The Morgan fingerprint density at radius 3 is 2.33 bits per heavy atom. The highest BCUT2D eigenvalue weighted by atomic mass is 32.2. The lowest BCUT2D eigenvalue weighted by molar-refractivity contribution is 0.0999. The Kier molecular flexibility index (Phi) is 4.26. The van der Waals surface area contributed by atoms with Gasteiger partial charge in [-0.1, -0.05) is 30.3 Å². The molecule has 0 bridgehead atoms. The van der Waals surface area contributed by atoms with Crippen molar-refractivity contribution in [3.8, 4) is 0 Å². The van der Waals surface area contributed by atoms with E-state index < -0.39 is 15.9 Å². The number of rotatable bonds is 5. The van der Waals surface area contributed by atoms with Gasteiger partial charge in [-0.15, -0.1) is 0 Å². The second kappa shape index (κ2) is 6.75. The van der Waals surface area contributed by atoms with Crippen LogP contribution in [0.4, 0.5) is 5.95 Å². The van der Waals surface area contributed by atoms with Crippen LogP contribution in [0.2, 0.25) is 0 Å². The lowest BCUT2D eigenvalue weighted by Gasteiger charge is -2.24. The molecule has 154 valence electrons. The van der Waals surface area contributed by atoms with Gasteiger partial charge in [0.1, 0.15) is 0 Å². The van der Waals surface area contributed by atoms with Crippen molar-refractivity contribution >= 4 is 32.7 Å². The molecule has 2 aromatic carbocycles. The van der Waals surface area contributed by atoms with Crippen molar-refractivity contribution in [2.75, 3.05) is 25.0 Å². The van der Waals surface area contributed by atoms with Gasteiger partial charge >= 0.3 is 0 Å². The SMILES string of the molecule is CN(C1C2CN(c3ncc(C(N)=O)cn3)CC21)S(=O)(=O)c1ccc2ccccc2c1. The number of primary amides is 1. The van der Waals surface area contributed by atoms with Crippen molar-refractivity contribution in [3.05, 3.63) is 60.4 Å². The van der Waals surface area contributed by atoms with Gasteiger partial charge in [-0.25, -0.2) is 18.4 Å². The zero-order chi connectivity index (χ0) is 21.0. The van der Waals surface area contributed by atoms with Crippen molar-refractivity contribution in [2.24, 2.45) is 17.6 Å². The number of aromatic nitrogens is 2. The maximum atomic E-state index is 13.2. The number of carbonyl (C=O) groups excluding carboxylic acids is 1. The number of carbonyl (C=O) groups is 1. The molecule has 0 radical (unpaired) electrons. The van der Waals surface area contributed by atoms with Gasteiger partial charge < -0.3 is 10.6 Å². The van der Waals surface area contributed by atoms with Gasteiger partial charge in [0.15, 0.2) is 0 Å². The van der Waals surface area contributed by atoms with Crippen LogP contribution >= 0.6 is 0 Å². The molecule has 2 fully saturated rings. The van der Waals surface area contributed by atoms with Gasteiger partial charge in [-0.05, 0) is 34.7 Å². The Balaban J connectivity index is 1.30. The first-order chi connectivity index (χ1) is 14.4. The summed E-state index contributed by atoms with van der Waals surface area (Å²) >= 11 is 0. The largest absolute Gasteiger partial charge is 0.366 e. The summed E-state index contributed by atoms with van der Waals surface area (Å²) in [5.41, 5.74) is 5.49. The van der Waals surface area contributed by atoms with Crippen LogP contribution in [0.25, 0.3) is 10.8 Å². The molecule has 1 saturated carbocycles. The molecule has 2 atom stereocenters. The summed E-state index contributed by atoms with van der Waals surface area (Å²) < 4.78 is 27.9. The second-order valence-electron chi connectivity index (χ2n) is 7.89. The number of hydrogen-bond acceptors (Lipinski definition) is 6. The first kappa shape index (κ1) is 19.0. The molecule has 2 heterocycles. The summed E-state index contributed by atoms with van der Waals surface area (Å²) in [5.74, 6) is 0.451. The van der Waals surface area contributed by atoms with Crippen LogP contribution in [0.3, 0.4) is 0 Å². The van der Waals surface area contributed by atoms with E-state index in [4.69, 9.17) is 5.73 Å². The predicted molar refractivity (Wildman–Crippen MR) is 112 cm³/mol. The van der Waals surface area contributed by atoms with Crippen LogP contribution < -0.4 is 10.6 Å². The van der Waals surface area contributed by atoms with Crippen LogP contribution in [-0.4, -0.2) is 54.8 Å². The van der Waals surface area contributed by atoms with E-state index in [0.717, 1.165) is 10.8 Å². The monoisotopic (exact) mass is 423 g/mol. The van der Waals surface area contributed by atoms with Crippen molar-refractivity contribution in [1.82, 2.24) is 14.3 Å². The van der Waals surface area contributed by atoms with Crippen LogP contribution in [0.5, 0.6) is 0 Å². The lowest BCUT2D eigenvalue weighted by Crippen LogP contribution is -2.36. The highest BCUT2D eigenvalue weighted by molar-refractivity contribution is 7.89. The highest BCUT2D eigenvalue weighted by Gasteiger charge is 2.60. The van der Waals surface area contributed by atoms with Gasteiger partial charge in [0.2, 0.25) is 16.0 Å². The number of anilines is 1. The molecule has 1 aliphatic heterocycles. The maximum absolute atomic E-state index is 13.2. The molecule has 2 N–H and O–H groups in total. The van der Waals surface area contributed by atoms with Gasteiger partial charge in [0.05, 0.1) is 10.5 Å². The van der Waals surface area contributed by atoms with Gasteiger partial charge in [-0.3, -0.25) is 4.79 Å². The van der Waals surface area contributed by atoms with Crippen LogP contribution in [0.15, 0.2) is 59.8 Å². The van der Waals surface area contributed by atoms with Gasteiger partial charge in [-0.2, -0.15) is 4.31 Å². The fraction of sp³-hybridized carbons (Fsp3) is 0.286. The standard InChI is InChI=1S/C21H21N5O3S/c1-25(30(28,29)16-7-6-13-4-2-3-5-14(13)8-16)19-17-11-26(12-18(17)19)21-23-9-15(10-24-21)20(22)27/h2-10,17-19H,11-12H2,1H3,(H2,22,27). The number of benzene rings is 2. The minimum absolute atomic E-state index is 0.0254. The summed E-state index contributed by atoms with van der Waals surface area (Å²) in [6, 6.07) is 13.0. The van der Waals surface area contributed by atoms with Crippen molar-refractivity contribution in [2.45, 2.75) is 10.9 Å². The summed E-state index contributed by atoms with van der Waals surface area (Å²) in [5, 5.41) is 1.92. The zero-order valence-electron chi connectivity index (χ0n) is 16.3. The fourth-order valence-corrected chi connectivity index (χ4v) is 5.95. The fourth-order valence-electron chi connectivity index (χ4n) is 4.46. The smallest absolute Gasteiger partial charge is 0.251 e. The average Bonchev–Trinajstić information content (AvgIpc) is 3.25. The summed E-state index contributed by atoms with van der Waals surface area (Å²) in [4.78, 5) is 21.9. The van der Waals surface area contributed by atoms with E-state index >= 15 is 0 Å². The molecule has 1 aliphatic carbocycles. The summed E-state index contributed by atoms with van der Waals surface area (Å²) in [7, 11) is -1.91. The lowest BCUT2D eigenvalue weighted by atomic mass is 10.1. The molecule has 30 heavy (non-hydrogen) atoms. The molecule has 2 aliphatic rings. The predicted octanol–water partition coefficient (Wildman–Crippen LogP) is 1.48. The third kappa shape index (κ3) is 3.01. The maximum Gasteiger partial charge on any atom is 0.251 e. The van der Waals surface area contributed by atoms with Crippen LogP contribution in [0, 0.1) is 11.8 Å². The molecular weight excluding hydrogens is 402 g/mol. The number of hydrogen-bond donors (Lipinski definition) is 1. The molecule has 9 heteroatoms. The molecule has 5 rings (SSSR count). The van der Waals surface area contributed by atoms with E-state index in [1.807, 2.05) is 35.2 Å². The Morgan fingerprint density at radius 2 is 1.70 bits per heavy atom. The van der Waals surface area contributed by atoms with E-state index in [-0.39, 0.29) is 23.4 Å². The summed E-state index contributed by atoms with van der Waals surface area (Å²) in [6.45, 7) is 1.37. The number of fused-ring (bicyclic) bond motifs is 2. The number of nitrogens with zero attached hydrogens (tertiary/aromatic N) is 4. The third-order valence-electron chi connectivity index (χ3n) is 6.17. The number of amides is 1. The number of nitrogens with two attached hydrogens (primary N) is 1. The normalized spacial score (nSPS) is 23.0. The van der Waals surface area contributed by atoms with E-state index in [9.17, 15) is 13.2 Å².